The number of carbonyl (C=O) groups excluding carboxylic acids is 2. The van der Waals surface area contributed by atoms with Crippen molar-refractivity contribution in [2.45, 2.75) is 38.4 Å². The molecule has 3 heterocycles. The van der Waals surface area contributed by atoms with Crippen molar-refractivity contribution in [2.75, 3.05) is 6.54 Å². The fourth-order valence-corrected chi connectivity index (χ4v) is 4.73. The summed E-state index contributed by atoms with van der Waals surface area (Å²) in [5, 5.41) is 10.3. The number of benzene rings is 1. The zero-order valence-electron chi connectivity index (χ0n) is 18.9. The molecule has 34 heavy (non-hydrogen) atoms. The minimum Gasteiger partial charge on any atom is -0.350 e. The number of aryl methyl sites for hydroxylation is 1. The van der Waals surface area contributed by atoms with Gasteiger partial charge in [-0.25, -0.2) is 9.37 Å². The molecule has 0 bridgehead atoms. The number of nitrogens with zero attached hydrogens (tertiary/aromatic N) is 2. The number of hydrogen-bond acceptors (Lipinski definition) is 4. The van der Waals surface area contributed by atoms with Crippen molar-refractivity contribution in [1.82, 2.24) is 25.5 Å². The smallest absolute Gasteiger partial charge is 0.242 e. The Balaban J connectivity index is 1.25. The molecule has 3 N–H and O–H groups in total. The Labute approximate surface area is 207 Å². The third-order valence-electron chi connectivity index (χ3n) is 6.09. The van der Waals surface area contributed by atoms with Gasteiger partial charge in [0.05, 0.1) is 16.1 Å². The predicted octanol–water partition coefficient (Wildman–Crippen LogP) is 3.36. The minimum atomic E-state index is -0.693. The Morgan fingerprint density at radius 1 is 1.26 bits per heavy atom. The van der Waals surface area contributed by atoms with Crippen LogP contribution in [0.2, 0.25) is 10.0 Å². The molecule has 1 aliphatic heterocycles. The summed E-state index contributed by atoms with van der Waals surface area (Å²) >= 11 is 12.1. The number of rotatable bonds is 7. The molecule has 1 aromatic carbocycles. The van der Waals surface area contributed by atoms with E-state index in [2.05, 4.69) is 20.9 Å². The van der Waals surface area contributed by atoms with Crippen molar-refractivity contribution < 1.29 is 14.0 Å². The monoisotopic (exact) mass is 505 g/mol. The lowest BCUT2D eigenvalue weighted by molar-refractivity contribution is -0.129. The summed E-state index contributed by atoms with van der Waals surface area (Å²) in [4.78, 5) is 29.6. The summed E-state index contributed by atoms with van der Waals surface area (Å²) in [6.45, 7) is 2.58. The van der Waals surface area contributed by atoms with Gasteiger partial charge in [-0.1, -0.05) is 29.3 Å². The molecule has 3 aromatic rings. The molecule has 0 aliphatic carbocycles. The van der Waals surface area contributed by atoms with Crippen molar-refractivity contribution in [3.63, 3.8) is 0 Å². The van der Waals surface area contributed by atoms with E-state index in [1.54, 1.807) is 31.5 Å². The molecule has 0 saturated carbocycles. The quantitative estimate of drug-likeness (QED) is 0.459. The molecule has 2 aromatic heterocycles. The fraction of sp³-hybridized carbons (Fsp3) is 0.375. The highest BCUT2D eigenvalue weighted by molar-refractivity contribution is 6.35. The Kier molecular flexibility index (Phi) is 7.40. The highest BCUT2D eigenvalue weighted by Crippen LogP contribution is 2.25. The standard InChI is InChI=1S/C24H26Cl2FN5O2/c1-13(23(33)30-11-16-6-17-19(26)12-32(2)22(17)29-10-16)31-24(34)21-8-15(9-28-21)5-14-3-4-20(27)18(25)7-14/h3-4,6-7,10,12-13,15,21,28H,5,8-9,11H2,1-2H3,(H,30,33)(H,31,34)/t13?,15-,21?/m0/s1. The molecule has 10 heteroatoms. The average molecular weight is 506 g/mol. The first-order valence-electron chi connectivity index (χ1n) is 11.1. The number of carbonyl (C=O) groups is 2. The molecule has 3 atom stereocenters. The van der Waals surface area contributed by atoms with Gasteiger partial charge in [0.1, 0.15) is 17.5 Å². The average Bonchev–Trinajstić information content (AvgIpc) is 3.38. The van der Waals surface area contributed by atoms with Gasteiger partial charge in [0.2, 0.25) is 11.8 Å². The van der Waals surface area contributed by atoms with Gasteiger partial charge < -0.3 is 20.5 Å². The summed E-state index contributed by atoms with van der Waals surface area (Å²) in [6.07, 6.45) is 4.80. The molecule has 0 spiro atoms. The van der Waals surface area contributed by atoms with Gasteiger partial charge in [-0.2, -0.15) is 0 Å². The largest absolute Gasteiger partial charge is 0.350 e. The predicted molar refractivity (Wildman–Crippen MR) is 130 cm³/mol. The molecule has 1 saturated heterocycles. The maximum Gasteiger partial charge on any atom is 0.242 e. The second kappa shape index (κ2) is 10.3. The molecule has 1 aliphatic rings. The van der Waals surface area contributed by atoms with E-state index in [1.807, 2.05) is 17.7 Å². The van der Waals surface area contributed by atoms with Gasteiger partial charge in [-0.3, -0.25) is 9.59 Å². The maximum atomic E-state index is 13.4. The number of pyridine rings is 1. The van der Waals surface area contributed by atoms with Crippen LogP contribution < -0.4 is 16.0 Å². The number of nitrogens with one attached hydrogen (secondary N) is 3. The summed E-state index contributed by atoms with van der Waals surface area (Å²) in [5.74, 6) is -0.738. The summed E-state index contributed by atoms with van der Waals surface area (Å²) in [5.41, 5.74) is 2.51. The SMILES string of the molecule is CC(NC(=O)C1C[C@H](Cc2ccc(F)c(Cl)c2)CN1)C(=O)NCc1cnc2c(c1)c(Cl)cn2C. The van der Waals surface area contributed by atoms with Crippen LogP contribution in [-0.2, 0) is 29.6 Å². The van der Waals surface area contributed by atoms with Crippen molar-refractivity contribution in [2.24, 2.45) is 13.0 Å². The van der Waals surface area contributed by atoms with Crippen molar-refractivity contribution >= 4 is 46.0 Å². The third kappa shape index (κ3) is 5.51. The van der Waals surface area contributed by atoms with E-state index in [0.29, 0.717) is 24.4 Å². The normalized spacial score (nSPS) is 18.7. The van der Waals surface area contributed by atoms with Crippen LogP contribution in [0.25, 0.3) is 11.0 Å². The highest BCUT2D eigenvalue weighted by atomic mass is 35.5. The first-order valence-corrected chi connectivity index (χ1v) is 11.8. The summed E-state index contributed by atoms with van der Waals surface area (Å²) in [6, 6.07) is 5.50. The zero-order chi connectivity index (χ0) is 24.4. The van der Waals surface area contributed by atoms with E-state index in [1.165, 1.54) is 6.07 Å². The van der Waals surface area contributed by atoms with Gasteiger partial charge in [-0.05, 0) is 61.6 Å². The molecule has 2 unspecified atom stereocenters. The van der Waals surface area contributed by atoms with Crippen LogP contribution in [0.4, 0.5) is 4.39 Å². The maximum absolute atomic E-state index is 13.4. The topological polar surface area (TPSA) is 88.1 Å². The van der Waals surface area contributed by atoms with E-state index in [9.17, 15) is 14.0 Å². The third-order valence-corrected chi connectivity index (χ3v) is 6.68. The Hall–Kier alpha value is -2.68. The Morgan fingerprint density at radius 2 is 2.06 bits per heavy atom. The van der Waals surface area contributed by atoms with E-state index in [-0.39, 0.29) is 35.3 Å². The number of halogens is 3. The first kappa shape index (κ1) is 24.4. The van der Waals surface area contributed by atoms with Gasteiger partial charge in [0.15, 0.2) is 0 Å². The van der Waals surface area contributed by atoms with E-state index < -0.39 is 11.9 Å². The van der Waals surface area contributed by atoms with Gasteiger partial charge >= 0.3 is 0 Å². The van der Waals surface area contributed by atoms with E-state index >= 15 is 0 Å². The summed E-state index contributed by atoms with van der Waals surface area (Å²) in [7, 11) is 1.87. The van der Waals surface area contributed by atoms with Crippen LogP contribution in [0.5, 0.6) is 0 Å². The second-order valence-corrected chi connectivity index (χ2v) is 9.58. The van der Waals surface area contributed by atoms with Crippen molar-refractivity contribution in [3.05, 3.63) is 63.6 Å². The van der Waals surface area contributed by atoms with Crippen LogP contribution in [0.15, 0.2) is 36.7 Å². The summed E-state index contributed by atoms with van der Waals surface area (Å²) < 4.78 is 15.2. The molecule has 180 valence electrons. The van der Waals surface area contributed by atoms with Gasteiger partial charge in [0.25, 0.3) is 0 Å². The highest BCUT2D eigenvalue weighted by Gasteiger charge is 2.31. The minimum absolute atomic E-state index is 0.0974. The molecular formula is C24H26Cl2FN5O2. The van der Waals surface area contributed by atoms with Crippen LogP contribution in [0, 0.1) is 11.7 Å². The van der Waals surface area contributed by atoms with Crippen LogP contribution >= 0.6 is 23.2 Å². The first-order chi connectivity index (χ1) is 16.2. The van der Waals surface area contributed by atoms with Crippen molar-refractivity contribution in [3.8, 4) is 0 Å². The molecule has 4 rings (SSSR count). The fourth-order valence-electron chi connectivity index (χ4n) is 4.24. The number of fused-ring (bicyclic) bond motifs is 1. The van der Waals surface area contributed by atoms with Gasteiger partial charge in [0, 0.05) is 31.4 Å². The molecule has 2 amide bonds. The lowest BCUT2D eigenvalue weighted by Gasteiger charge is -2.17. The van der Waals surface area contributed by atoms with Crippen molar-refractivity contribution in [1.29, 1.82) is 0 Å². The number of hydrogen-bond donors (Lipinski definition) is 3. The Bertz CT molecular complexity index is 1230. The number of amides is 2. The second-order valence-electron chi connectivity index (χ2n) is 8.77. The zero-order valence-corrected chi connectivity index (χ0v) is 20.4. The van der Waals surface area contributed by atoms with E-state index in [0.717, 1.165) is 22.2 Å². The van der Waals surface area contributed by atoms with Crippen LogP contribution in [-0.4, -0.2) is 40.0 Å². The van der Waals surface area contributed by atoms with E-state index in [4.69, 9.17) is 23.2 Å². The number of aromatic nitrogens is 2. The molecule has 1 fully saturated rings. The van der Waals surface area contributed by atoms with Crippen LogP contribution in [0.1, 0.15) is 24.5 Å². The Morgan fingerprint density at radius 3 is 2.82 bits per heavy atom. The molecule has 0 radical (unpaired) electrons. The van der Waals surface area contributed by atoms with Gasteiger partial charge in [-0.15, -0.1) is 0 Å². The molecule has 7 nitrogen and oxygen atoms in total. The van der Waals surface area contributed by atoms with Crippen LogP contribution in [0.3, 0.4) is 0 Å². The lowest BCUT2D eigenvalue weighted by Crippen LogP contribution is -2.49. The molecular weight excluding hydrogens is 480 g/mol. The lowest BCUT2D eigenvalue weighted by atomic mass is 9.96.